The molecule has 19 heavy (non-hydrogen) atoms. The first-order valence-corrected chi connectivity index (χ1v) is 7.03. The van der Waals surface area contributed by atoms with Crippen molar-refractivity contribution in [1.82, 2.24) is 15.6 Å². The Labute approximate surface area is 117 Å². The normalized spacial score (nSPS) is 11.7. The molecule has 0 spiro atoms. The van der Waals surface area contributed by atoms with Crippen LogP contribution >= 0.6 is 23.1 Å². The summed E-state index contributed by atoms with van der Waals surface area (Å²) in [6.07, 6.45) is -0.143. The highest BCUT2D eigenvalue weighted by atomic mass is 32.2. The first-order valence-electron chi connectivity index (χ1n) is 5.27. The predicted octanol–water partition coefficient (Wildman–Crippen LogP) is 0.706. The minimum Gasteiger partial charge on any atom is -0.481 e. The number of nitrogens with zero attached hydrogens (tertiary/aromatic N) is 1. The number of carboxylic acids is 1. The Balaban J connectivity index is 2.54. The molecule has 0 aliphatic carbocycles. The minimum atomic E-state index is -0.952. The molecule has 104 valence electrons. The molecule has 1 aromatic rings. The molecule has 0 bridgehead atoms. The van der Waals surface area contributed by atoms with Gasteiger partial charge in [0.25, 0.3) is 0 Å². The molecule has 3 amide bonds. The number of aliphatic carboxylic acids is 1. The third kappa shape index (κ3) is 5.26. The number of imide groups is 1. The van der Waals surface area contributed by atoms with Crippen LogP contribution in [-0.4, -0.2) is 40.3 Å². The minimum absolute atomic E-state index is 0.143. The van der Waals surface area contributed by atoms with E-state index in [-0.39, 0.29) is 6.42 Å². The van der Waals surface area contributed by atoms with Gasteiger partial charge in [-0.3, -0.25) is 14.9 Å². The summed E-state index contributed by atoms with van der Waals surface area (Å²) in [7, 11) is 1.42. The number of carbonyl (C=O) groups is 3. The molecule has 7 nitrogen and oxygen atoms in total. The van der Waals surface area contributed by atoms with E-state index in [0.29, 0.717) is 10.0 Å². The van der Waals surface area contributed by atoms with Gasteiger partial charge in [-0.15, -0.1) is 11.3 Å². The van der Waals surface area contributed by atoms with Crippen LogP contribution in [0.5, 0.6) is 0 Å². The maximum Gasteiger partial charge on any atom is 0.321 e. The van der Waals surface area contributed by atoms with Crippen molar-refractivity contribution in [3.05, 3.63) is 11.1 Å². The van der Waals surface area contributed by atoms with Crippen LogP contribution in [0.4, 0.5) is 4.79 Å². The van der Waals surface area contributed by atoms with E-state index in [0.717, 1.165) is 0 Å². The lowest BCUT2D eigenvalue weighted by Crippen LogP contribution is -2.41. The quantitative estimate of drug-likeness (QED) is 0.691. The number of thioether (sulfide) groups is 1. The average molecular weight is 303 g/mol. The highest BCUT2D eigenvalue weighted by Gasteiger charge is 2.18. The third-order valence-electron chi connectivity index (χ3n) is 1.97. The molecule has 3 N–H and O–H groups in total. The summed E-state index contributed by atoms with van der Waals surface area (Å²) < 4.78 is 0.593. The Morgan fingerprint density at radius 1 is 1.53 bits per heavy atom. The lowest BCUT2D eigenvalue weighted by atomic mass is 10.3. The topological polar surface area (TPSA) is 108 Å². The van der Waals surface area contributed by atoms with Crippen LogP contribution in [0.15, 0.2) is 9.72 Å². The number of urea groups is 1. The SMILES string of the molecule is CNC(=O)NC(=O)C(C)Sc1nc(CC(=O)O)cs1. The van der Waals surface area contributed by atoms with Gasteiger partial charge >= 0.3 is 12.0 Å². The number of nitrogens with one attached hydrogen (secondary N) is 2. The number of rotatable bonds is 5. The molecule has 0 aliphatic heterocycles. The van der Waals surface area contributed by atoms with E-state index >= 15 is 0 Å². The molecular weight excluding hydrogens is 290 g/mol. The molecule has 1 aromatic heterocycles. The van der Waals surface area contributed by atoms with Gasteiger partial charge in [-0.2, -0.15) is 0 Å². The van der Waals surface area contributed by atoms with Crippen molar-refractivity contribution < 1.29 is 19.5 Å². The summed E-state index contributed by atoms with van der Waals surface area (Å²) in [5, 5.41) is 14.2. The van der Waals surface area contributed by atoms with Gasteiger partial charge in [0.2, 0.25) is 5.91 Å². The van der Waals surface area contributed by atoms with Crippen LogP contribution in [0.2, 0.25) is 0 Å². The van der Waals surface area contributed by atoms with Gasteiger partial charge in [-0.1, -0.05) is 11.8 Å². The van der Waals surface area contributed by atoms with Gasteiger partial charge < -0.3 is 10.4 Å². The molecule has 0 aliphatic rings. The number of hydrogen-bond donors (Lipinski definition) is 3. The fourth-order valence-electron chi connectivity index (χ4n) is 1.06. The molecule has 0 aromatic carbocycles. The summed E-state index contributed by atoms with van der Waals surface area (Å²) in [5.74, 6) is -1.38. The molecular formula is C10H13N3O4S2. The van der Waals surface area contributed by atoms with Crippen molar-refractivity contribution >= 4 is 41.0 Å². The lowest BCUT2D eigenvalue weighted by molar-refractivity contribution is -0.136. The van der Waals surface area contributed by atoms with Crippen molar-refractivity contribution in [1.29, 1.82) is 0 Å². The van der Waals surface area contributed by atoms with Crippen molar-refractivity contribution in [3.8, 4) is 0 Å². The zero-order chi connectivity index (χ0) is 14.4. The lowest BCUT2D eigenvalue weighted by Gasteiger charge is -2.08. The monoisotopic (exact) mass is 303 g/mol. The first kappa shape index (κ1) is 15.4. The van der Waals surface area contributed by atoms with Crippen LogP contribution in [0.1, 0.15) is 12.6 Å². The molecule has 9 heteroatoms. The van der Waals surface area contributed by atoms with Gasteiger partial charge in [-0.25, -0.2) is 9.78 Å². The zero-order valence-corrected chi connectivity index (χ0v) is 11.9. The van der Waals surface area contributed by atoms with Crippen molar-refractivity contribution in [2.24, 2.45) is 0 Å². The van der Waals surface area contributed by atoms with Crippen molar-refractivity contribution in [2.45, 2.75) is 22.9 Å². The summed E-state index contributed by atoms with van der Waals surface area (Å²) in [4.78, 5) is 37.2. The van der Waals surface area contributed by atoms with Crippen LogP contribution < -0.4 is 10.6 Å². The van der Waals surface area contributed by atoms with E-state index in [9.17, 15) is 14.4 Å². The Bertz CT molecular complexity index is 489. The molecule has 0 saturated heterocycles. The van der Waals surface area contributed by atoms with Gasteiger partial charge in [-0.05, 0) is 6.92 Å². The fourth-order valence-corrected chi connectivity index (χ4v) is 3.04. The van der Waals surface area contributed by atoms with E-state index in [1.54, 1.807) is 12.3 Å². The van der Waals surface area contributed by atoms with Crippen LogP contribution in [0, 0.1) is 0 Å². The fraction of sp³-hybridized carbons (Fsp3) is 0.400. The highest BCUT2D eigenvalue weighted by Crippen LogP contribution is 2.27. The Morgan fingerprint density at radius 3 is 2.79 bits per heavy atom. The van der Waals surface area contributed by atoms with E-state index in [1.807, 2.05) is 0 Å². The molecule has 0 fully saturated rings. The summed E-state index contributed by atoms with van der Waals surface area (Å²) in [6.45, 7) is 1.64. The number of carboxylic acid groups (broad SMARTS) is 1. The van der Waals surface area contributed by atoms with E-state index in [4.69, 9.17) is 5.11 Å². The Hall–Kier alpha value is -1.61. The number of aromatic nitrogens is 1. The average Bonchev–Trinajstić information content (AvgIpc) is 2.75. The van der Waals surface area contributed by atoms with Crippen molar-refractivity contribution in [3.63, 3.8) is 0 Å². The summed E-state index contributed by atoms with van der Waals surface area (Å²) in [6, 6.07) is -0.567. The second kappa shape index (κ2) is 7.10. The predicted molar refractivity (Wildman–Crippen MR) is 71.4 cm³/mol. The standard InChI is InChI=1S/C10H13N3O4S2/c1-5(8(16)13-9(17)11-2)19-10-12-6(4-18-10)3-7(14)15/h4-5H,3H2,1-2H3,(H,14,15)(H2,11,13,16,17). The number of hydrogen-bond acceptors (Lipinski definition) is 6. The zero-order valence-electron chi connectivity index (χ0n) is 10.3. The molecule has 0 saturated carbocycles. The second-order valence-corrected chi connectivity index (χ2v) is 5.95. The number of amides is 3. The van der Waals surface area contributed by atoms with Crippen LogP contribution in [-0.2, 0) is 16.0 Å². The van der Waals surface area contributed by atoms with E-state index < -0.39 is 23.2 Å². The van der Waals surface area contributed by atoms with E-state index in [2.05, 4.69) is 15.6 Å². The van der Waals surface area contributed by atoms with Crippen molar-refractivity contribution in [2.75, 3.05) is 7.05 Å². The molecule has 1 unspecified atom stereocenters. The number of thiazole rings is 1. The second-order valence-electron chi connectivity index (χ2n) is 3.50. The number of carbonyl (C=O) groups excluding carboxylic acids is 2. The van der Waals surface area contributed by atoms with Gasteiger partial charge in [0.15, 0.2) is 4.34 Å². The Morgan fingerprint density at radius 2 is 2.21 bits per heavy atom. The van der Waals surface area contributed by atoms with Crippen LogP contribution in [0.3, 0.4) is 0 Å². The highest BCUT2D eigenvalue weighted by molar-refractivity contribution is 8.02. The smallest absolute Gasteiger partial charge is 0.321 e. The molecule has 0 radical (unpaired) electrons. The maximum absolute atomic E-state index is 11.6. The summed E-state index contributed by atoms with van der Waals surface area (Å²) >= 11 is 2.44. The maximum atomic E-state index is 11.6. The first-order chi connectivity index (χ1) is 8.92. The molecule has 1 heterocycles. The largest absolute Gasteiger partial charge is 0.481 e. The van der Waals surface area contributed by atoms with E-state index in [1.165, 1.54) is 30.1 Å². The molecule has 1 rings (SSSR count). The third-order valence-corrected chi connectivity index (χ3v) is 4.09. The van der Waals surface area contributed by atoms with Gasteiger partial charge in [0, 0.05) is 12.4 Å². The van der Waals surface area contributed by atoms with Gasteiger partial charge in [0.05, 0.1) is 17.4 Å². The molecule has 1 atom stereocenters. The van der Waals surface area contributed by atoms with Gasteiger partial charge in [0.1, 0.15) is 0 Å². The summed E-state index contributed by atoms with van der Waals surface area (Å²) in [5.41, 5.74) is 0.457. The van der Waals surface area contributed by atoms with Crippen LogP contribution in [0.25, 0.3) is 0 Å². The Kier molecular flexibility index (Phi) is 5.77.